The van der Waals surface area contributed by atoms with E-state index in [1.54, 1.807) is 6.07 Å². The smallest absolute Gasteiger partial charge is 0.251 e. The van der Waals surface area contributed by atoms with Gasteiger partial charge in [0.05, 0.1) is 18.8 Å². The average Bonchev–Trinajstić information content (AvgIpc) is 2.79. The molecule has 6 nitrogen and oxygen atoms in total. The maximum atomic E-state index is 12.0. The van der Waals surface area contributed by atoms with Crippen LogP contribution in [0, 0.1) is 11.1 Å². The number of aromatic nitrogens is 1. The molecule has 0 saturated carbocycles. The average molecular weight is 439 g/mol. The highest BCUT2D eigenvalue weighted by atomic mass is 32.2. The van der Waals surface area contributed by atoms with Crippen LogP contribution in [0.5, 0.6) is 0 Å². The molecule has 1 aliphatic rings. The van der Waals surface area contributed by atoms with Crippen LogP contribution in [0.1, 0.15) is 36.0 Å². The number of anilines is 1. The summed E-state index contributed by atoms with van der Waals surface area (Å²) in [5, 5.41) is 22.0. The minimum absolute atomic E-state index is 0.00191. The summed E-state index contributed by atoms with van der Waals surface area (Å²) in [6.07, 6.45) is 0.585. The number of hydrogen-bond acceptors (Lipinski definition) is 6. The number of hydrogen-bond donors (Lipinski definition) is 2. The van der Waals surface area contributed by atoms with E-state index in [0.717, 1.165) is 21.4 Å². The minimum atomic E-state index is -0.567. The summed E-state index contributed by atoms with van der Waals surface area (Å²) in [6.45, 7) is 2.10. The van der Waals surface area contributed by atoms with Gasteiger partial charge in [-0.05, 0) is 29.3 Å². The van der Waals surface area contributed by atoms with Gasteiger partial charge in [-0.25, -0.2) is 0 Å². The molecule has 2 aromatic carbocycles. The van der Waals surface area contributed by atoms with Gasteiger partial charge >= 0.3 is 0 Å². The lowest BCUT2D eigenvalue weighted by Gasteiger charge is -2.41. The molecule has 1 aromatic heterocycles. The number of pyridine rings is 1. The number of thioether (sulfide) groups is 1. The van der Waals surface area contributed by atoms with Gasteiger partial charge in [0.15, 0.2) is 12.5 Å². The summed E-state index contributed by atoms with van der Waals surface area (Å²) >= 11 is 1.47. The van der Waals surface area contributed by atoms with Crippen LogP contribution >= 0.6 is 11.8 Å². The summed E-state index contributed by atoms with van der Waals surface area (Å²) in [7, 11) is 0. The third-order valence-electron chi connectivity index (χ3n) is 5.49. The van der Waals surface area contributed by atoms with Crippen LogP contribution in [0.2, 0.25) is 0 Å². The van der Waals surface area contributed by atoms with Crippen molar-refractivity contribution >= 4 is 17.4 Å². The molecule has 31 heavy (non-hydrogen) atoms. The zero-order valence-electron chi connectivity index (χ0n) is 17.3. The molecule has 4 rings (SSSR count). The predicted octanol–water partition coefficient (Wildman–Crippen LogP) is 3.98. The minimum Gasteiger partial charge on any atom is -0.618 e. The molecular formula is C24H26N2O4S. The molecule has 1 fully saturated rings. The Bertz CT molecular complexity index is 1010. The van der Waals surface area contributed by atoms with Gasteiger partial charge < -0.3 is 25.5 Å². The quantitative estimate of drug-likeness (QED) is 0.262. The number of nitrogens with two attached hydrogens (primary N) is 1. The van der Waals surface area contributed by atoms with Crippen LogP contribution < -0.4 is 10.5 Å². The standard InChI is InChI=1S/C24H26N2O4S/c1-16-21(15-31-22-7-2-3-12-26(22)28)29-24(19-5-4-6-20(25)13-19)30-23(16)18-10-8-17(14-27)9-11-18/h2-13,16,21,23-24,27H,14-15,25H2,1H3/t16-,21+,23+,24+/m1/s1. The van der Waals surface area contributed by atoms with Crippen molar-refractivity contribution in [2.24, 2.45) is 5.92 Å². The highest BCUT2D eigenvalue weighted by Gasteiger charge is 2.38. The Morgan fingerprint density at radius 1 is 1.03 bits per heavy atom. The summed E-state index contributed by atoms with van der Waals surface area (Å²) in [6, 6.07) is 20.7. The van der Waals surface area contributed by atoms with Gasteiger partial charge in [-0.2, -0.15) is 4.73 Å². The van der Waals surface area contributed by atoms with Crippen LogP contribution in [-0.2, 0) is 16.1 Å². The molecule has 0 aliphatic carbocycles. The molecule has 0 amide bonds. The maximum Gasteiger partial charge on any atom is 0.251 e. The molecule has 4 atom stereocenters. The number of ether oxygens (including phenoxy) is 2. The van der Waals surface area contributed by atoms with Crippen LogP contribution in [0.15, 0.2) is 78.0 Å². The number of rotatable bonds is 6. The van der Waals surface area contributed by atoms with Crippen LogP contribution in [0.3, 0.4) is 0 Å². The van der Waals surface area contributed by atoms with E-state index >= 15 is 0 Å². The topological polar surface area (TPSA) is 91.7 Å². The van der Waals surface area contributed by atoms with Gasteiger partial charge in [0.1, 0.15) is 0 Å². The van der Waals surface area contributed by atoms with E-state index in [0.29, 0.717) is 16.5 Å². The third-order valence-corrected chi connectivity index (χ3v) is 6.60. The van der Waals surface area contributed by atoms with E-state index in [2.05, 4.69) is 6.92 Å². The monoisotopic (exact) mass is 438 g/mol. The normalized spacial score (nSPS) is 23.5. The van der Waals surface area contributed by atoms with Gasteiger partial charge in [0.2, 0.25) is 0 Å². The SMILES string of the molecule is C[C@@H]1[C@H](CSc2cccc[n+]2[O-])O[C@H](c2cccc(N)c2)O[C@@H]1c1ccc(CO)cc1. The second-order valence-electron chi connectivity index (χ2n) is 7.67. The lowest BCUT2D eigenvalue weighted by molar-refractivity contribution is -0.645. The van der Waals surface area contributed by atoms with Crippen molar-refractivity contribution in [1.29, 1.82) is 0 Å². The van der Waals surface area contributed by atoms with E-state index in [1.807, 2.05) is 60.7 Å². The maximum absolute atomic E-state index is 12.0. The van der Waals surface area contributed by atoms with Crippen molar-refractivity contribution in [3.05, 3.63) is 94.8 Å². The number of nitrogen functional groups attached to an aromatic ring is 1. The zero-order chi connectivity index (χ0) is 21.8. The molecular weight excluding hydrogens is 412 g/mol. The zero-order valence-corrected chi connectivity index (χ0v) is 18.1. The Labute approximate surface area is 186 Å². The van der Waals surface area contributed by atoms with E-state index in [9.17, 15) is 10.3 Å². The van der Waals surface area contributed by atoms with Crippen molar-refractivity contribution in [2.75, 3.05) is 11.5 Å². The molecule has 0 bridgehead atoms. The number of benzene rings is 2. The van der Waals surface area contributed by atoms with Crippen LogP contribution in [-0.4, -0.2) is 17.0 Å². The fourth-order valence-electron chi connectivity index (χ4n) is 3.71. The molecule has 0 unspecified atom stereocenters. The first-order valence-corrected chi connectivity index (χ1v) is 11.2. The second-order valence-corrected chi connectivity index (χ2v) is 8.71. The Morgan fingerprint density at radius 3 is 2.55 bits per heavy atom. The molecule has 0 radical (unpaired) electrons. The van der Waals surface area contributed by atoms with Crippen LogP contribution in [0.25, 0.3) is 0 Å². The summed E-state index contributed by atoms with van der Waals surface area (Å²) in [4.78, 5) is 0. The molecule has 3 N–H and O–H groups in total. The number of nitrogens with zero attached hydrogens (tertiary/aromatic N) is 1. The van der Waals surface area contributed by atoms with Gasteiger partial charge in [0, 0.05) is 35.1 Å². The fraction of sp³-hybridized carbons (Fsp3) is 0.292. The Morgan fingerprint density at radius 2 is 1.84 bits per heavy atom. The fourth-order valence-corrected chi connectivity index (χ4v) is 4.79. The molecule has 0 spiro atoms. The first kappa shape index (κ1) is 21.6. The van der Waals surface area contributed by atoms with Crippen molar-refractivity contribution < 1.29 is 19.3 Å². The number of aliphatic hydroxyl groups excluding tert-OH is 1. The molecule has 1 saturated heterocycles. The largest absolute Gasteiger partial charge is 0.618 e. The van der Waals surface area contributed by atoms with Crippen molar-refractivity contribution in [2.45, 2.75) is 37.1 Å². The second kappa shape index (κ2) is 9.70. The predicted molar refractivity (Wildman–Crippen MR) is 120 cm³/mol. The molecule has 162 valence electrons. The lowest BCUT2D eigenvalue weighted by atomic mass is 9.91. The van der Waals surface area contributed by atoms with Gasteiger partial charge in [0.25, 0.3) is 5.03 Å². The highest BCUT2D eigenvalue weighted by Crippen LogP contribution is 2.43. The first-order chi connectivity index (χ1) is 15.0. The van der Waals surface area contributed by atoms with Crippen molar-refractivity contribution in [1.82, 2.24) is 0 Å². The Balaban J connectivity index is 1.60. The summed E-state index contributed by atoms with van der Waals surface area (Å²) in [5.41, 5.74) is 9.36. The highest BCUT2D eigenvalue weighted by molar-refractivity contribution is 7.99. The van der Waals surface area contributed by atoms with Gasteiger partial charge in [-0.15, -0.1) is 0 Å². The summed E-state index contributed by atoms with van der Waals surface area (Å²) in [5.74, 6) is 0.662. The van der Waals surface area contributed by atoms with E-state index in [4.69, 9.17) is 15.2 Å². The summed E-state index contributed by atoms with van der Waals surface area (Å²) < 4.78 is 13.6. The Kier molecular flexibility index (Phi) is 6.77. The molecule has 2 heterocycles. The van der Waals surface area contributed by atoms with E-state index in [-0.39, 0.29) is 24.7 Å². The molecule has 7 heteroatoms. The van der Waals surface area contributed by atoms with Gasteiger partial charge in [-0.1, -0.05) is 55.1 Å². The Hall–Kier alpha value is -2.58. The lowest BCUT2D eigenvalue weighted by Crippen LogP contribution is -2.39. The van der Waals surface area contributed by atoms with E-state index < -0.39 is 6.29 Å². The number of aliphatic hydroxyl groups is 1. The van der Waals surface area contributed by atoms with Crippen LogP contribution in [0.4, 0.5) is 5.69 Å². The first-order valence-electron chi connectivity index (χ1n) is 10.2. The third kappa shape index (κ3) is 5.02. The van der Waals surface area contributed by atoms with Crippen molar-refractivity contribution in [3.8, 4) is 0 Å². The van der Waals surface area contributed by atoms with Gasteiger partial charge in [-0.3, -0.25) is 0 Å². The molecule has 1 aliphatic heterocycles. The van der Waals surface area contributed by atoms with Crippen molar-refractivity contribution in [3.63, 3.8) is 0 Å². The van der Waals surface area contributed by atoms with E-state index in [1.165, 1.54) is 18.0 Å². The molecule has 3 aromatic rings.